The van der Waals surface area contributed by atoms with E-state index in [1.807, 2.05) is 56.3 Å². The Bertz CT molecular complexity index is 1320. The quantitative estimate of drug-likeness (QED) is 0.393. The zero-order chi connectivity index (χ0) is 27.9. The van der Waals surface area contributed by atoms with Crippen molar-refractivity contribution in [1.29, 1.82) is 0 Å². The monoisotopic (exact) mass is 550 g/mol. The van der Waals surface area contributed by atoms with Crippen LogP contribution in [-0.2, 0) is 32.2 Å². The van der Waals surface area contributed by atoms with Crippen LogP contribution >= 0.6 is 11.6 Å². The molecule has 39 heavy (non-hydrogen) atoms. The van der Waals surface area contributed by atoms with Crippen LogP contribution in [0.2, 0.25) is 5.02 Å². The summed E-state index contributed by atoms with van der Waals surface area (Å²) in [4.78, 5) is 41.9. The first-order chi connectivity index (χ1) is 18.7. The maximum absolute atomic E-state index is 14.1. The van der Waals surface area contributed by atoms with Crippen LogP contribution in [0.3, 0.4) is 0 Å². The van der Waals surface area contributed by atoms with Gasteiger partial charge in [-0.1, -0.05) is 72.3 Å². The third-order valence-electron chi connectivity index (χ3n) is 6.29. The molecule has 3 aromatic rings. The second-order valence-corrected chi connectivity index (χ2v) is 10.0. The first-order valence-corrected chi connectivity index (χ1v) is 13.1. The van der Waals surface area contributed by atoms with Crippen LogP contribution < -0.4 is 4.74 Å². The molecule has 2 atom stereocenters. The van der Waals surface area contributed by atoms with E-state index in [4.69, 9.17) is 21.1 Å². The van der Waals surface area contributed by atoms with Crippen LogP contribution in [0.4, 0.5) is 0 Å². The van der Waals surface area contributed by atoms with E-state index in [0.717, 1.165) is 5.56 Å². The molecule has 1 aliphatic heterocycles. The molecule has 0 bridgehead atoms. The van der Waals surface area contributed by atoms with Gasteiger partial charge in [0.2, 0.25) is 5.91 Å². The molecule has 1 N–H and O–H groups in total. The van der Waals surface area contributed by atoms with Gasteiger partial charge in [-0.05, 0) is 43.2 Å². The number of benzene rings is 3. The molecular weight excluding hydrogens is 520 g/mol. The molecule has 2 amide bonds. The van der Waals surface area contributed by atoms with Crippen LogP contribution in [0, 0.1) is 0 Å². The van der Waals surface area contributed by atoms with Crippen molar-refractivity contribution >= 4 is 29.4 Å². The lowest BCUT2D eigenvalue weighted by molar-refractivity contribution is -0.172. The molecule has 0 radical (unpaired) electrons. The van der Waals surface area contributed by atoms with Gasteiger partial charge in [0.25, 0.3) is 5.91 Å². The normalized spacial score (nSPS) is 17.2. The fourth-order valence-corrected chi connectivity index (χ4v) is 4.86. The number of carboxylic acids is 1. The van der Waals surface area contributed by atoms with Gasteiger partial charge in [0.05, 0.1) is 18.7 Å². The highest BCUT2D eigenvalue weighted by molar-refractivity contribution is 6.30. The maximum atomic E-state index is 14.1. The van der Waals surface area contributed by atoms with Crippen LogP contribution in [0.15, 0.2) is 78.9 Å². The fraction of sp³-hybridized carbons (Fsp3) is 0.300. The van der Waals surface area contributed by atoms with Crippen molar-refractivity contribution in [2.45, 2.75) is 45.2 Å². The molecule has 1 saturated heterocycles. The van der Waals surface area contributed by atoms with Crippen LogP contribution in [0.5, 0.6) is 5.75 Å². The second kappa shape index (κ2) is 12.8. The van der Waals surface area contributed by atoms with Crippen molar-refractivity contribution < 1.29 is 29.0 Å². The number of carbonyl (C=O) groups excluding carboxylic acids is 2. The predicted molar refractivity (Wildman–Crippen MR) is 146 cm³/mol. The number of hydrogen-bond acceptors (Lipinski definition) is 5. The number of carbonyl (C=O) groups is 3. The molecule has 9 heteroatoms. The second-order valence-electron chi connectivity index (χ2n) is 9.60. The molecule has 0 aromatic heterocycles. The molecule has 1 fully saturated rings. The van der Waals surface area contributed by atoms with E-state index in [1.54, 1.807) is 41.3 Å². The number of morpholine rings is 1. The van der Waals surface area contributed by atoms with Gasteiger partial charge in [0.1, 0.15) is 18.9 Å². The summed E-state index contributed by atoms with van der Waals surface area (Å²) in [6.45, 7) is 3.13. The summed E-state index contributed by atoms with van der Waals surface area (Å²) in [7, 11) is 0. The Balaban J connectivity index is 1.70. The first-order valence-electron chi connectivity index (χ1n) is 12.7. The summed E-state index contributed by atoms with van der Waals surface area (Å²) in [6.07, 6.45) is -1.23. The average molecular weight is 551 g/mol. The molecule has 0 spiro atoms. The fourth-order valence-electron chi connectivity index (χ4n) is 4.65. The minimum Gasteiger partial charge on any atom is -0.491 e. The average Bonchev–Trinajstić information content (AvgIpc) is 2.90. The van der Waals surface area contributed by atoms with Crippen molar-refractivity contribution in [2.75, 3.05) is 13.2 Å². The Kier molecular flexibility index (Phi) is 9.22. The summed E-state index contributed by atoms with van der Waals surface area (Å²) in [5, 5.41) is 10.2. The highest BCUT2D eigenvalue weighted by Crippen LogP contribution is 2.34. The highest BCUT2D eigenvalue weighted by Gasteiger charge is 2.43. The maximum Gasteiger partial charge on any atom is 0.323 e. The Hall–Kier alpha value is -3.88. The summed E-state index contributed by atoms with van der Waals surface area (Å²) in [5.74, 6) is -1.41. The smallest absolute Gasteiger partial charge is 0.323 e. The van der Waals surface area contributed by atoms with Crippen molar-refractivity contribution in [3.63, 3.8) is 0 Å². The van der Waals surface area contributed by atoms with Gasteiger partial charge in [-0.15, -0.1) is 0 Å². The van der Waals surface area contributed by atoms with E-state index >= 15 is 0 Å². The van der Waals surface area contributed by atoms with Crippen LogP contribution in [-0.4, -0.2) is 58.0 Å². The molecule has 1 heterocycles. The van der Waals surface area contributed by atoms with Gasteiger partial charge in [-0.2, -0.15) is 0 Å². The Labute approximate surface area is 232 Å². The Morgan fingerprint density at radius 1 is 1.08 bits per heavy atom. The van der Waals surface area contributed by atoms with Crippen LogP contribution in [0.1, 0.15) is 36.6 Å². The summed E-state index contributed by atoms with van der Waals surface area (Å²) in [5.41, 5.74) is 2.16. The molecule has 1 aliphatic rings. The van der Waals surface area contributed by atoms with Gasteiger partial charge in [0.15, 0.2) is 6.10 Å². The minimum absolute atomic E-state index is 0.00235. The van der Waals surface area contributed by atoms with Crippen molar-refractivity contribution in [1.82, 2.24) is 9.80 Å². The van der Waals surface area contributed by atoms with Crippen molar-refractivity contribution in [2.24, 2.45) is 0 Å². The minimum atomic E-state index is -1.16. The number of para-hydroxylation sites is 1. The lowest BCUT2D eigenvalue weighted by Gasteiger charge is -2.42. The largest absolute Gasteiger partial charge is 0.491 e. The molecular formula is C30H31ClN2O6. The van der Waals surface area contributed by atoms with E-state index in [-0.39, 0.29) is 31.7 Å². The zero-order valence-corrected chi connectivity index (χ0v) is 22.6. The number of carboxylic acid groups (broad SMARTS) is 1. The number of hydrogen-bond donors (Lipinski definition) is 1. The number of rotatable bonds is 10. The van der Waals surface area contributed by atoms with Gasteiger partial charge in [-0.3, -0.25) is 14.4 Å². The lowest BCUT2D eigenvalue weighted by Crippen LogP contribution is -2.55. The lowest BCUT2D eigenvalue weighted by atomic mass is 9.95. The number of ether oxygens (including phenoxy) is 2. The molecule has 0 saturated carbocycles. The van der Waals surface area contributed by atoms with E-state index < -0.39 is 30.6 Å². The first kappa shape index (κ1) is 28.1. The molecule has 0 aliphatic carbocycles. The van der Waals surface area contributed by atoms with E-state index in [9.17, 15) is 19.5 Å². The number of amides is 2. The predicted octanol–water partition coefficient (Wildman–Crippen LogP) is 4.71. The standard InChI is InChI=1S/C30H31ClN2O6/c1-20(2)39-25-14-7-6-12-23(25)17-32(18-27(35)36)30(37)29-28(22-10-4-3-5-11-22)33(26(34)19-38-29)16-21-9-8-13-24(31)15-21/h3-15,20,28-29H,16-19H2,1-2H3,(H,35,36)/t28-,29-/m1/s1. The number of nitrogens with zero attached hydrogens (tertiary/aromatic N) is 2. The van der Waals surface area contributed by atoms with Crippen LogP contribution in [0.25, 0.3) is 0 Å². The number of aliphatic carboxylic acids is 1. The van der Waals surface area contributed by atoms with E-state index in [1.165, 1.54) is 4.90 Å². The van der Waals surface area contributed by atoms with Gasteiger partial charge < -0.3 is 24.4 Å². The molecule has 0 unspecified atom stereocenters. The van der Waals surface area contributed by atoms with Gasteiger partial charge in [0, 0.05) is 17.1 Å². The number of halogens is 1. The summed E-state index contributed by atoms with van der Waals surface area (Å²) in [6, 6.07) is 22.7. The van der Waals surface area contributed by atoms with Gasteiger partial charge in [-0.25, -0.2) is 0 Å². The highest BCUT2D eigenvalue weighted by atomic mass is 35.5. The topological polar surface area (TPSA) is 96.4 Å². The summed E-state index contributed by atoms with van der Waals surface area (Å²) < 4.78 is 11.8. The summed E-state index contributed by atoms with van der Waals surface area (Å²) >= 11 is 6.19. The third-order valence-corrected chi connectivity index (χ3v) is 6.53. The van der Waals surface area contributed by atoms with E-state index in [2.05, 4.69) is 0 Å². The molecule has 8 nitrogen and oxygen atoms in total. The van der Waals surface area contributed by atoms with Crippen molar-refractivity contribution in [3.05, 3.63) is 101 Å². The SMILES string of the molecule is CC(C)Oc1ccccc1CN(CC(=O)O)C(=O)[C@@H]1OCC(=O)N(Cc2cccc(Cl)c2)[C@@H]1c1ccccc1. The Morgan fingerprint density at radius 2 is 1.79 bits per heavy atom. The van der Waals surface area contributed by atoms with E-state index in [0.29, 0.717) is 21.9 Å². The molecule has 204 valence electrons. The third kappa shape index (κ3) is 7.16. The Morgan fingerprint density at radius 3 is 2.49 bits per heavy atom. The van der Waals surface area contributed by atoms with Gasteiger partial charge >= 0.3 is 5.97 Å². The van der Waals surface area contributed by atoms with Crippen molar-refractivity contribution in [3.8, 4) is 5.75 Å². The molecule has 3 aromatic carbocycles. The zero-order valence-electron chi connectivity index (χ0n) is 21.8. The molecule has 4 rings (SSSR count).